The summed E-state index contributed by atoms with van der Waals surface area (Å²) in [4.78, 5) is 23.0. The summed E-state index contributed by atoms with van der Waals surface area (Å²) in [5.41, 5.74) is 0.655. The number of carbonyl (C=O) groups is 1. The van der Waals surface area contributed by atoms with Crippen molar-refractivity contribution in [3.63, 3.8) is 0 Å². The zero-order valence-electron chi connectivity index (χ0n) is 12.1. The van der Waals surface area contributed by atoms with Crippen LogP contribution in [-0.2, 0) is 4.79 Å². The van der Waals surface area contributed by atoms with Crippen molar-refractivity contribution in [2.75, 3.05) is 23.3 Å². The maximum Gasteiger partial charge on any atom is 0.229 e. The maximum absolute atomic E-state index is 12.5. The van der Waals surface area contributed by atoms with Gasteiger partial charge in [-0.2, -0.15) is 0 Å². The summed E-state index contributed by atoms with van der Waals surface area (Å²) in [5.74, 6) is 0.584. The molecular weight excluding hydrogens is 300 g/mol. The zero-order chi connectivity index (χ0) is 15.4. The van der Waals surface area contributed by atoms with Crippen LogP contribution in [0.25, 0.3) is 0 Å². The fourth-order valence-corrected chi connectivity index (χ4v) is 2.81. The van der Waals surface area contributed by atoms with Crippen LogP contribution in [-0.4, -0.2) is 29.0 Å². The average molecular weight is 317 g/mol. The molecule has 0 spiro atoms. The smallest absolute Gasteiger partial charge is 0.229 e. The maximum atomic E-state index is 12.5. The Kier molecular flexibility index (Phi) is 4.53. The van der Waals surface area contributed by atoms with Crippen LogP contribution < -0.4 is 10.2 Å². The van der Waals surface area contributed by atoms with Gasteiger partial charge in [-0.15, -0.1) is 0 Å². The highest BCUT2D eigenvalue weighted by Crippen LogP contribution is 2.24. The zero-order valence-corrected chi connectivity index (χ0v) is 12.8. The molecule has 1 aromatic carbocycles. The number of rotatable bonds is 3. The summed E-state index contributed by atoms with van der Waals surface area (Å²) in [6, 6.07) is 9.05. The molecule has 6 heteroatoms. The van der Waals surface area contributed by atoms with Crippen LogP contribution in [0.5, 0.6) is 0 Å². The molecule has 0 bridgehead atoms. The third-order valence-electron chi connectivity index (χ3n) is 3.76. The van der Waals surface area contributed by atoms with Crippen LogP contribution in [0.4, 0.5) is 11.6 Å². The highest BCUT2D eigenvalue weighted by atomic mass is 35.5. The molecule has 1 aliphatic rings. The van der Waals surface area contributed by atoms with Crippen molar-refractivity contribution in [1.82, 2.24) is 9.97 Å². The van der Waals surface area contributed by atoms with Crippen molar-refractivity contribution in [1.29, 1.82) is 0 Å². The molecule has 1 fully saturated rings. The number of hydrogen-bond acceptors (Lipinski definition) is 4. The number of aromatic nitrogens is 2. The van der Waals surface area contributed by atoms with Gasteiger partial charge in [0.25, 0.3) is 0 Å². The summed E-state index contributed by atoms with van der Waals surface area (Å²) < 4.78 is 0. The lowest BCUT2D eigenvalue weighted by Crippen LogP contribution is -2.41. The lowest BCUT2D eigenvalue weighted by atomic mass is 9.97. The standard InChI is InChI=1S/C16H17ClN4O/c17-13-6-1-2-7-14(13)20-15(22)12-5-3-10-21(11-12)16-18-8-4-9-19-16/h1-2,4,6-9,12H,3,5,10-11H2,(H,20,22)/t12-/m0/s1. The van der Waals surface area contributed by atoms with E-state index in [0.29, 0.717) is 23.2 Å². The molecule has 2 aromatic rings. The number of halogens is 1. The molecule has 1 aromatic heterocycles. The van der Waals surface area contributed by atoms with Crippen molar-refractivity contribution >= 4 is 29.1 Å². The van der Waals surface area contributed by atoms with Crippen molar-refractivity contribution in [3.8, 4) is 0 Å². The number of para-hydroxylation sites is 1. The quantitative estimate of drug-likeness (QED) is 0.945. The Balaban J connectivity index is 1.67. The van der Waals surface area contributed by atoms with E-state index in [1.54, 1.807) is 30.6 Å². The van der Waals surface area contributed by atoms with Gasteiger partial charge in [0.1, 0.15) is 0 Å². The first-order valence-corrected chi connectivity index (χ1v) is 7.69. The van der Waals surface area contributed by atoms with Crippen LogP contribution in [0.2, 0.25) is 5.02 Å². The molecule has 1 N–H and O–H groups in total. The highest BCUT2D eigenvalue weighted by Gasteiger charge is 2.27. The Labute approximate surface area is 134 Å². The third kappa shape index (κ3) is 3.36. The van der Waals surface area contributed by atoms with Gasteiger partial charge in [0.05, 0.1) is 16.6 Å². The van der Waals surface area contributed by atoms with E-state index in [1.165, 1.54) is 0 Å². The first kappa shape index (κ1) is 14.8. The van der Waals surface area contributed by atoms with E-state index >= 15 is 0 Å². The molecule has 0 saturated carbocycles. The summed E-state index contributed by atoms with van der Waals surface area (Å²) >= 11 is 6.09. The van der Waals surface area contributed by atoms with Gasteiger partial charge in [0, 0.05) is 25.5 Å². The fraction of sp³-hybridized carbons (Fsp3) is 0.312. The van der Waals surface area contributed by atoms with Crippen LogP contribution in [0.3, 0.4) is 0 Å². The van der Waals surface area contributed by atoms with Gasteiger partial charge < -0.3 is 10.2 Å². The predicted octanol–water partition coefficient (Wildman–Crippen LogP) is 2.99. The average Bonchev–Trinajstić information content (AvgIpc) is 2.58. The SMILES string of the molecule is O=C(Nc1ccccc1Cl)[C@H]1CCCN(c2ncccn2)C1. The number of amides is 1. The van der Waals surface area contributed by atoms with E-state index in [9.17, 15) is 4.79 Å². The molecule has 22 heavy (non-hydrogen) atoms. The largest absolute Gasteiger partial charge is 0.340 e. The summed E-state index contributed by atoms with van der Waals surface area (Å²) in [6.45, 7) is 1.50. The second-order valence-corrected chi connectivity index (χ2v) is 5.71. The number of benzene rings is 1. The van der Waals surface area contributed by atoms with E-state index in [1.807, 2.05) is 12.1 Å². The van der Waals surface area contributed by atoms with Crippen LogP contribution in [0.15, 0.2) is 42.7 Å². The molecule has 1 atom stereocenters. The molecule has 5 nitrogen and oxygen atoms in total. The Bertz CT molecular complexity index is 650. The Morgan fingerprint density at radius 3 is 2.77 bits per heavy atom. The second kappa shape index (κ2) is 6.75. The molecule has 0 aliphatic carbocycles. The first-order valence-electron chi connectivity index (χ1n) is 7.31. The summed E-state index contributed by atoms with van der Waals surface area (Å²) in [6.07, 6.45) is 5.24. The van der Waals surface area contributed by atoms with Crippen molar-refractivity contribution in [2.45, 2.75) is 12.8 Å². The molecule has 1 saturated heterocycles. The molecule has 2 heterocycles. The number of hydrogen-bond donors (Lipinski definition) is 1. The summed E-state index contributed by atoms with van der Waals surface area (Å²) in [5, 5.41) is 3.46. The van der Waals surface area contributed by atoms with Gasteiger partial charge in [0.15, 0.2) is 0 Å². The Hall–Kier alpha value is -2.14. The van der Waals surface area contributed by atoms with E-state index in [4.69, 9.17) is 11.6 Å². The van der Waals surface area contributed by atoms with Crippen LogP contribution in [0, 0.1) is 5.92 Å². The second-order valence-electron chi connectivity index (χ2n) is 5.30. The lowest BCUT2D eigenvalue weighted by Gasteiger charge is -2.31. The summed E-state index contributed by atoms with van der Waals surface area (Å²) in [7, 11) is 0. The molecule has 114 valence electrons. The minimum atomic E-state index is -0.0890. The van der Waals surface area contributed by atoms with Gasteiger partial charge in [-0.3, -0.25) is 4.79 Å². The number of anilines is 2. The molecule has 1 aliphatic heterocycles. The van der Waals surface area contributed by atoms with Crippen LogP contribution >= 0.6 is 11.6 Å². The van der Waals surface area contributed by atoms with Crippen molar-refractivity contribution < 1.29 is 4.79 Å². The molecule has 0 unspecified atom stereocenters. The van der Waals surface area contributed by atoms with Gasteiger partial charge in [-0.1, -0.05) is 23.7 Å². The van der Waals surface area contributed by atoms with E-state index in [0.717, 1.165) is 19.4 Å². The third-order valence-corrected chi connectivity index (χ3v) is 4.09. The van der Waals surface area contributed by atoms with Crippen molar-refractivity contribution in [3.05, 3.63) is 47.7 Å². The van der Waals surface area contributed by atoms with Crippen LogP contribution in [0.1, 0.15) is 12.8 Å². The molecule has 3 rings (SSSR count). The lowest BCUT2D eigenvalue weighted by molar-refractivity contribution is -0.120. The van der Waals surface area contributed by atoms with Gasteiger partial charge in [-0.25, -0.2) is 9.97 Å². The minimum absolute atomic E-state index is 0.00580. The Morgan fingerprint density at radius 1 is 1.23 bits per heavy atom. The number of nitrogens with one attached hydrogen (secondary N) is 1. The Morgan fingerprint density at radius 2 is 2.00 bits per heavy atom. The predicted molar refractivity (Wildman–Crippen MR) is 87.1 cm³/mol. The number of carbonyl (C=O) groups excluding carboxylic acids is 1. The topological polar surface area (TPSA) is 58.1 Å². The van der Waals surface area contributed by atoms with Gasteiger partial charge in [-0.05, 0) is 31.0 Å². The van der Waals surface area contributed by atoms with E-state index < -0.39 is 0 Å². The molecule has 0 radical (unpaired) electrons. The first-order chi connectivity index (χ1) is 10.7. The van der Waals surface area contributed by atoms with Gasteiger partial charge >= 0.3 is 0 Å². The molecular formula is C16H17ClN4O. The number of piperidine rings is 1. The monoisotopic (exact) mass is 316 g/mol. The van der Waals surface area contributed by atoms with E-state index in [2.05, 4.69) is 20.2 Å². The fourth-order valence-electron chi connectivity index (χ4n) is 2.62. The number of nitrogens with zero attached hydrogens (tertiary/aromatic N) is 3. The van der Waals surface area contributed by atoms with Gasteiger partial charge in [0.2, 0.25) is 11.9 Å². The van der Waals surface area contributed by atoms with Crippen molar-refractivity contribution in [2.24, 2.45) is 5.92 Å². The normalized spacial score (nSPS) is 18.0. The van der Waals surface area contributed by atoms with E-state index in [-0.39, 0.29) is 11.8 Å². The molecule has 1 amide bonds. The minimum Gasteiger partial charge on any atom is -0.340 e. The highest BCUT2D eigenvalue weighted by molar-refractivity contribution is 6.33.